The molecule has 1 atom stereocenters. The fourth-order valence-electron chi connectivity index (χ4n) is 1.91. The molecule has 0 fully saturated rings. The molecule has 1 N–H and O–H groups in total. The zero-order valence-electron chi connectivity index (χ0n) is 11.5. The minimum Gasteiger partial charge on any atom is -0.312 e. The standard InChI is InChI=1S/C16H17BrFNS/c1-11-6-7-12(8-15(11)18)16(19-2)10-20-14-5-3-4-13(17)9-14/h3-9,16,19H,10H2,1-2H3. The van der Waals surface area contributed by atoms with Gasteiger partial charge in [-0.15, -0.1) is 11.8 Å². The van der Waals surface area contributed by atoms with Crippen molar-refractivity contribution in [3.05, 3.63) is 63.9 Å². The maximum absolute atomic E-state index is 13.7. The lowest BCUT2D eigenvalue weighted by Gasteiger charge is -2.17. The van der Waals surface area contributed by atoms with E-state index in [2.05, 4.69) is 33.4 Å². The van der Waals surface area contributed by atoms with Gasteiger partial charge in [-0.25, -0.2) is 4.39 Å². The van der Waals surface area contributed by atoms with Crippen LogP contribution in [0.3, 0.4) is 0 Å². The number of hydrogen-bond acceptors (Lipinski definition) is 2. The number of nitrogens with one attached hydrogen (secondary N) is 1. The molecule has 0 saturated heterocycles. The third kappa shape index (κ3) is 4.08. The van der Waals surface area contributed by atoms with E-state index in [4.69, 9.17) is 0 Å². The Kier molecular flexibility index (Phi) is 5.64. The Balaban J connectivity index is 2.07. The Labute approximate surface area is 132 Å². The first-order valence-electron chi connectivity index (χ1n) is 6.42. The fraction of sp³-hybridized carbons (Fsp3) is 0.250. The molecule has 0 aliphatic heterocycles. The van der Waals surface area contributed by atoms with E-state index >= 15 is 0 Å². The Morgan fingerprint density at radius 1 is 1.25 bits per heavy atom. The maximum Gasteiger partial charge on any atom is 0.126 e. The number of hydrogen-bond donors (Lipinski definition) is 1. The molecular weight excluding hydrogens is 337 g/mol. The molecule has 0 heterocycles. The Morgan fingerprint density at radius 3 is 2.70 bits per heavy atom. The normalized spacial score (nSPS) is 12.4. The van der Waals surface area contributed by atoms with E-state index < -0.39 is 0 Å². The van der Waals surface area contributed by atoms with Crippen molar-refractivity contribution in [2.75, 3.05) is 12.8 Å². The molecule has 0 amide bonds. The predicted molar refractivity (Wildman–Crippen MR) is 87.8 cm³/mol. The molecule has 20 heavy (non-hydrogen) atoms. The molecule has 1 nitrogen and oxygen atoms in total. The van der Waals surface area contributed by atoms with Crippen LogP contribution in [0.25, 0.3) is 0 Å². The van der Waals surface area contributed by atoms with Crippen molar-refractivity contribution in [1.82, 2.24) is 5.32 Å². The van der Waals surface area contributed by atoms with Crippen LogP contribution in [-0.2, 0) is 0 Å². The van der Waals surface area contributed by atoms with Crippen LogP contribution in [0, 0.1) is 12.7 Å². The molecule has 0 spiro atoms. The molecule has 2 aromatic rings. The molecule has 0 radical (unpaired) electrons. The molecule has 2 aromatic carbocycles. The lowest BCUT2D eigenvalue weighted by atomic mass is 10.1. The summed E-state index contributed by atoms with van der Waals surface area (Å²) in [5, 5.41) is 3.25. The first-order valence-corrected chi connectivity index (χ1v) is 8.19. The van der Waals surface area contributed by atoms with E-state index in [1.54, 1.807) is 24.8 Å². The van der Waals surface area contributed by atoms with Gasteiger partial charge in [-0.2, -0.15) is 0 Å². The molecular formula is C16H17BrFNS. The van der Waals surface area contributed by atoms with E-state index in [9.17, 15) is 4.39 Å². The third-order valence-corrected chi connectivity index (χ3v) is 4.74. The fourth-order valence-corrected chi connectivity index (χ4v) is 3.56. The summed E-state index contributed by atoms with van der Waals surface area (Å²) in [7, 11) is 1.91. The largest absolute Gasteiger partial charge is 0.312 e. The maximum atomic E-state index is 13.7. The highest BCUT2D eigenvalue weighted by Gasteiger charge is 2.11. The van der Waals surface area contributed by atoms with Crippen molar-refractivity contribution in [2.45, 2.75) is 17.9 Å². The lowest BCUT2D eigenvalue weighted by molar-refractivity contribution is 0.603. The Hall–Kier alpha value is -0.840. The first kappa shape index (κ1) is 15.5. The van der Waals surface area contributed by atoms with Crippen LogP contribution in [0.2, 0.25) is 0 Å². The number of aryl methyl sites for hydroxylation is 1. The summed E-state index contributed by atoms with van der Waals surface area (Å²) in [5.74, 6) is 0.713. The average Bonchev–Trinajstić information content (AvgIpc) is 2.43. The smallest absolute Gasteiger partial charge is 0.126 e. The van der Waals surface area contributed by atoms with Crippen LogP contribution < -0.4 is 5.32 Å². The molecule has 4 heteroatoms. The molecule has 0 saturated carbocycles. The summed E-state index contributed by atoms with van der Waals surface area (Å²) in [6.45, 7) is 1.78. The second kappa shape index (κ2) is 7.25. The van der Waals surface area contributed by atoms with E-state index in [1.807, 2.05) is 31.3 Å². The monoisotopic (exact) mass is 353 g/mol. The highest BCUT2D eigenvalue weighted by molar-refractivity contribution is 9.10. The zero-order valence-corrected chi connectivity index (χ0v) is 13.9. The van der Waals surface area contributed by atoms with E-state index in [-0.39, 0.29) is 11.9 Å². The Bertz CT molecular complexity index is 588. The molecule has 0 aromatic heterocycles. The predicted octanol–water partition coefficient (Wildman–Crippen LogP) is 4.95. The minimum absolute atomic E-state index is 0.133. The van der Waals surface area contributed by atoms with Crippen LogP contribution >= 0.6 is 27.7 Å². The van der Waals surface area contributed by atoms with Crippen molar-refractivity contribution in [3.8, 4) is 0 Å². The lowest BCUT2D eigenvalue weighted by Crippen LogP contribution is -2.19. The highest BCUT2D eigenvalue weighted by Crippen LogP contribution is 2.27. The quantitative estimate of drug-likeness (QED) is 0.763. The number of thioether (sulfide) groups is 1. The van der Waals surface area contributed by atoms with Crippen molar-refractivity contribution in [2.24, 2.45) is 0 Å². The molecule has 0 aliphatic rings. The topological polar surface area (TPSA) is 12.0 Å². The summed E-state index contributed by atoms with van der Waals surface area (Å²) in [6.07, 6.45) is 0. The van der Waals surface area contributed by atoms with Gasteiger partial charge in [0.25, 0.3) is 0 Å². The minimum atomic E-state index is -0.143. The molecule has 1 unspecified atom stereocenters. The summed E-state index contributed by atoms with van der Waals surface area (Å²) in [6, 6.07) is 13.8. The van der Waals surface area contributed by atoms with Gasteiger partial charge < -0.3 is 5.32 Å². The van der Waals surface area contributed by atoms with Gasteiger partial charge in [-0.1, -0.05) is 34.1 Å². The van der Waals surface area contributed by atoms with Gasteiger partial charge in [-0.05, 0) is 49.4 Å². The van der Waals surface area contributed by atoms with Crippen LogP contribution in [-0.4, -0.2) is 12.8 Å². The molecule has 0 bridgehead atoms. The zero-order chi connectivity index (χ0) is 14.5. The number of rotatable bonds is 5. The van der Waals surface area contributed by atoms with E-state index in [0.29, 0.717) is 5.56 Å². The number of benzene rings is 2. The SMILES string of the molecule is CNC(CSc1cccc(Br)c1)c1ccc(C)c(F)c1. The van der Waals surface area contributed by atoms with Gasteiger partial charge in [0.1, 0.15) is 5.82 Å². The molecule has 2 rings (SSSR count). The van der Waals surface area contributed by atoms with Gasteiger partial charge in [0.2, 0.25) is 0 Å². The van der Waals surface area contributed by atoms with Gasteiger partial charge >= 0.3 is 0 Å². The summed E-state index contributed by atoms with van der Waals surface area (Å²) >= 11 is 5.23. The molecule has 0 aliphatic carbocycles. The van der Waals surface area contributed by atoms with Crippen LogP contribution in [0.1, 0.15) is 17.2 Å². The average molecular weight is 354 g/mol. The number of halogens is 2. The summed E-state index contributed by atoms with van der Waals surface area (Å²) in [5.41, 5.74) is 1.67. The van der Waals surface area contributed by atoms with Crippen LogP contribution in [0.5, 0.6) is 0 Å². The Morgan fingerprint density at radius 2 is 2.05 bits per heavy atom. The summed E-state index contributed by atoms with van der Waals surface area (Å²) in [4.78, 5) is 1.20. The van der Waals surface area contributed by atoms with Crippen LogP contribution in [0.4, 0.5) is 4.39 Å². The van der Waals surface area contributed by atoms with E-state index in [1.165, 1.54) is 4.90 Å². The summed E-state index contributed by atoms with van der Waals surface area (Å²) < 4.78 is 14.7. The van der Waals surface area contributed by atoms with Crippen molar-refractivity contribution in [1.29, 1.82) is 0 Å². The third-order valence-electron chi connectivity index (χ3n) is 3.16. The van der Waals surface area contributed by atoms with Crippen molar-refractivity contribution < 1.29 is 4.39 Å². The van der Waals surface area contributed by atoms with Gasteiger partial charge in [-0.3, -0.25) is 0 Å². The van der Waals surface area contributed by atoms with E-state index in [0.717, 1.165) is 15.8 Å². The van der Waals surface area contributed by atoms with Crippen molar-refractivity contribution in [3.63, 3.8) is 0 Å². The van der Waals surface area contributed by atoms with Crippen LogP contribution in [0.15, 0.2) is 51.8 Å². The highest BCUT2D eigenvalue weighted by atomic mass is 79.9. The second-order valence-corrected chi connectivity index (χ2v) is 6.63. The second-order valence-electron chi connectivity index (χ2n) is 4.62. The van der Waals surface area contributed by atoms with Gasteiger partial charge in [0.15, 0.2) is 0 Å². The molecule has 106 valence electrons. The van der Waals surface area contributed by atoms with Gasteiger partial charge in [0.05, 0.1) is 0 Å². The first-order chi connectivity index (χ1) is 9.60. The van der Waals surface area contributed by atoms with Crippen molar-refractivity contribution >= 4 is 27.7 Å². The van der Waals surface area contributed by atoms with Gasteiger partial charge in [0, 0.05) is 21.2 Å².